The molecule has 1 atom stereocenters. The molecule has 0 saturated carbocycles. The van der Waals surface area contributed by atoms with E-state index in [2.05, 4.69) is 5.32 Å². The van der Waals surface area contributed by atoms with Gasteiger partial charge in [0.15, 0.2) is 0 Å². The van der Waals surface area contributed by atoms with Crippen LogP contribution in [0, 0.1) is 0 Å². The number of carbonyl (C=O) groups is 2. The Morgan fingerprint density at radius 3 is 2.26 bits per heavy atom. The quantitative estimate of drug-likeness (QED) is 0.840. The van der Waals surface area contributed by atoms with E-state index in [9.17, 15) is 9.59 Å². The monoisotopic (exact) mass is 279 g/mol. The molecule has 4 nitrogen and oxygen atoms in total. The zero-order valence-electron chi connectivity index (χ0n) is 11.9. The van der Waals surface area contributed by atoms with Crippen molar-refractivity contribution in [3.63, 3.8) is 0 Å². The Labute approximate surface area is 115 Å². The van der Waals surface area contributed by atoms with Gasteiger partial charge >= 0.3 is 5.97 Å². The van der Waals surface area contributed by atoms with Crippen molar-refractivity contribution >= 4 is 20.2 Å². The summed E-state index contributed by atoms with van der Waals surface area (Å²) in [6.45, 7) is 7.23. The summed E-state index contributed by atoms with van der Waals surface area (Å²) < 4.78 is 5.46. The number of carbonyl (C=O) groups excluding carboxylic acids is 2. The lowest BCUT2D eigenvalue weighted by atomic mass is 10.1. The van der Waals surface area contributed by atoms with E-state index in [0.717, 1.165) is 5.56 Å². The molecular formula is C14H21NO3Si. The molecule has 0 heterocycles. The molecular weight excluding hydrogens is 258 g/mol. The molecule has 1 N–H and O–H groups in total. The normalized spacial score (nSPS) is 12.6. The number of benzene rings is 1. The SMILES string of the molecule is CC(=O)N[C@@H](Cc1ccccc1)C(=O)O[Si](C)(C)C. The number of amides is 1. The molecule has 0 aliphatic carbocycles. The van der Waals surface area contributed by atoms with E-state index in [1.165, 1.54) is 6.92 Å². The van der Waals surface area contributed by atoms with Crippen LogP contribution in [-0.4, -0.2) is 26.2 Å². The standard InChI is InChI=1S/C14H21NO3Si/c1-11(16)15-13(14(17)18-19(2,3)4)10-12-8-6-5-7-9-12/h5-9,13H,10H2,1-4H3,(H,15,16)/t13-/m0/s1. The van der Waals surface area contributed by atoms with E-state index in [-0.39, 0.29) is 11.9 Å². The van der Waals surface area contributed by atoms with Crippen molar-refractivity contribution in [2.45, 2.75) is 39.0 Å². The van der Waals surface area contributed by atoms with Gasteiger partial charge in [-0.1, -0.05) is 30.3 Å². The Balaban J connectivity index is 2.77. The van der Waals surface area contributed by atoms with Crippen LogP contribution >= 0.6 is 0 Å². The van der Waals surface area contributed by atoms with Crippen molar-refractivity contribution in [2.24, 2.45) is 0 Å². The van der Waals surface area contributed by atoms with Crippen LogP contribution in [-0.2, 0) is 20.4 Å². The summed E-state index contributed by atoms with van der Waals surface area (Å²) in [4.78, 5) is 23.3. The zero-order valence-corrected chi connectivity index (χ0v) is 12.9. The van der Waals surface area contributed by atoms with Crippen LogP contribution in [0.15, 0.2) is 30.3 Å². The predicted molar refractivity (Wildman–Crippen MR) is 77.2 cm³/mol. The van der Waals surface area contributed by atoms with Crippen LogP contribution in [0.5, 0.6) is 0 Å². The molecule has 104 valence electrons. The third kappa shape index (κ3) is 6.19. The Hall–Kier alpha value is -1.62. The van der Waals surface area contributed by atoms with E-state index in [1.54, 1.807) is 0 Å². The molecule has 0 unspecified atom stereocenters. The minimum Gasteiger partial charge on any atom is -0.518 e. The van der Waals surface area contributed by atoms with Gasteiger partial charge in [-0.25, -0.2) is 0 Å². The van der Waals surface area contributed by atoms with Crippen LogP contribution in [0.25, 0.3) is 0 Å². The highest BCUT2D eigenvalue weighted by Gasteiger charge is 2.27. The van der Waals surface area contributed by atoms with E-state index in [4.69, 9.17) is 4.43 Å². The van der Waals surface area contributed by atoms with Gasteiger partial charge in [-0.2, -0.15) is 0 Å². The Bertz CT molecular complexity index is 440. The van der Waals surface area contributed by atoms with Crippen molar-refractivity contribution in [1.29, 1.82) is 0 Å². The van der Waals surface area contributed by atoms with Gasteiger partial charge < -0.3 is 9.74 Å². The molecule has 0 aliphatic heterocycles. The topological polar surface area (TPSA) is 55.4 Å². The average molecular weight is 279 g/mol. The zero-order chi connectivity index (χ0) is 14.5. The van der Waals surface area contributed by atoms with Gasteiger partial charge in [0.2, 0.25) is 14.2 Å². The second kappa shape index (κ2) is 6.52. The molecule has 0 saturated heterocycles. The molecule has 5 heteroatoms. The van der Waals surface area contributed by atoms with E-state index >= 15 is 0 Å². The van der Waals surface area contributed by atoms with Gasteiger partial charge in [0, 0.05) is 13.3 Å². The van der Waals surface area contributed by atoms with Crippen molar-refractivity contribution in [1.82, 2.24) is 5.32 Å². The fraction of sp³-hybridized carbons (Fsp3) is 0.429. The first-order chi connectivity index (χ1) is 8.78. The highest BCUT2D eigenvalue weighted by molar-refractivity contribution is 6.71. The molecule has 1 amide bonds. The minimum atomic E-state index is -1.95. The van der Waals surface area contributed by atoms with Gasteiger partial charge in [0.1, 0.15) is 6.04 Å². The first kappa shape index (κ1) is 15.4. The summed E-state index contributed by atoms with van der Waals surface area (Å²) in [6.07, 6.45) is 0.448. The number of rotatable bonds is 5. The molecule has 0 spiro atoms. The molecule has 0 fully saturated rings. The lowest BCUT2D eigenvalue weighted by Gasteiger charge is -2.23. The summed E-state index contributed by atoms with van der Waals surface area (Å²) in [5, 5.41) is 2.66. The van der Waals surface area contributed by atoms with Gasteiger partial charge in [0.05, 0.1) is 0 Å². The molecule has 0 aromatic heterocycles. The maximum Gasteiger partial charge on any atom is 0.315 e. The van der Waals surface area contributed by atoms with Crippen LogP contribution in [0.1, 0.15) is 12.5 Å². The second-order valence-electron chi connectivity index (χ2n) is 5.48. The van der Waals surface area contributed by atoms with Crippen molar-refractivity contribution in [2.75, 3.05) is 0 Å². The lowest BCUT2D eigenvalue weighted by molar-refractivity contribution is -0.139. The highest BCUT2D eigenvalue weighted by atomic mass is 28.4. The van der Waals surface area contributed by atoms with E-state index < -0.39 is 14.4 Å². The van der Waals surface area contributed by atoms with Gasteiger partial charge in [-0.05, 0) is 25.2 Å². The fourth-order valence-electron chi connectivity index (χ4n) is 1.66. The first-order valence-electron chi connectivity index (χ1n) is 6.32. The number of nitrogens with one attached hydrogen (secondary N) is 1. The Morgan fingerprint density at radius 2 is 1.79 bits per heavy atom. The predicted octanol–water partition coefficient (Wildman–Crippen LogP) is 2.11. The third-order valence-electron chi connectivity index (χ3n) is 2.35. The highest BCUT2D eigenvalue weighted by Crippen LogP contribution is 2.09. The molecule has 1 aromatic rings. The Morgan fingerprint density at radius 1 is 1.21 bits per heavy atom. The van der Waals surface area contributed by atoms with Crippen molar-refractivity contribution in [3.05, 3.63) is 35.9 Å². The summed E-state index contributed by atoms with van der Waals surface area (Å²) in [5.41, 5.74) is 0.994. The first-order valence-corrected chi connectivity index (χ1v) is 9.72. The largest absolute Gasteiger partial charge is 0.518 e. The summed E-state index contributed by atoms with van der Waals surface area (Å²) in [5.74, 6) is -0.577. The molecule has 19 heavy (non-hydrogen) atoms. The van der Waals surface area contributed by atoms with Crippen LogP contribution in [0.3, 0.4) is 0 Å². The molecule has 0 bridgehead atoms. The van der Waals surface area contributed by atoms with Crippen LogP contribution in [0.2, 0.25) is 19.6 Å². The average Bonchev–Trinajstić information content (AvgIpc) is 2.26. The smallest absolute Gasteiger partial charge is 0.315 e. The summed E-state index contributed by atoms with van der Waals surface area (Å²) >= 11 is 0. The maximum absolute atomic E-state index is 12.1. The minimum absolute atomic E-state index is 0.228. The van der Waals surface area contributed by atoms with Gasteiger partial charge in [0.25, 0.3) is 0 Å². The Kier molecular flexibility index (Phi) is 5.29. The lowest BCUT2D eigenvalue weighted by Crippen LogP contribution is -2.45. The van der Waals surface area contributed by atoms with Gasteiger partial charge in [-0.15, -0.1) is 0 Å². The third-order valence-corrected chi connectivity index (χ3v) is 3.16. The molecule has 0 aliphatic rings. The van der Waals surface area contributed by atoms with Crippen LogP contribution in [0.4, 0.5) is 0 Å². The summed E-state index contributed by atoms with van der Waals surface area (Å²) in [7, 11) is -1.95. The number of hydrogen-bond acceptors (Lipinski definition) is 3. The van der Waals surface area contributed by atoms with Crippen molar-refractivity contribution in [3.8, 4) is 0 Å². The van der Waals surface area contributed by atoms with E-state index in [0.29, 0.717) is 6.42 Å². The van der Waals surface area contributed by atoms with Crippen LogP contribution < -0.4 is 5.32 Å². The van der Waals surface area contributed by atoms with Crippen molar-refractivity contribution < 1.29 is 14.0 Å². The maximum atomic E-state index is 12.1. The van der Waals surface area contributed by atoms with Gasteiger partial charge in [-0.3, -0.25) is 9.59 Å². The van der Waals surface area contributed by atoms with E-state index in [1.807, 2.05) is 50.0 Å². The molecule has 1 rings (SSSR count). The number of hydrogen-bond donors (Lipinski definition) is 1. The molecule has 1 aromatic carbocycles. The molecule has 0 radical (unpaired) electrons. The fourth-order valence-corrected chi connectivity index (χ4v) is 2.41. The summed E-state index contributed by atoms with van der Waals surface area (Å²) in [6, 6.07) is 8.96. The second-order valence-corrected chi connectivity index (χ2v) is 9.91.